The van der Waals surface area contributed by atoms with Crippen molar-refractivity contribution in [3.8, 4) is 0 Å². The summed E-state index contributed by atoms with van der Waals surface area (Å²) >= 11 is 0. The van der Waals surface area contributed by atoms with Crippen LogP contribution < -0.4 is 5.32 Å². The first-order valence-corrected chi connectivity index (χ1v) is 7.11. The zero-order chi connectivity index (χ0) is 12.3. The van der Waals surface area contributed by atoms with Gasteiger partial charge in [0.15, 0.2) is 0 Å². The van der Waals surface area contributed by atoms with Crippen LogP contribution in [0.3, 0.4) is 0 Å². The molecule has 0 spiro atoms. The third kappa shape index (κ3) is 4.23. The minimum atomic E-state index is -1.58. The summed E-state index contributed by atoms with van der Waals surface area (Å²) in [6, 6.07) is 0. The maximum Gasteiger partial charge on any atom is 0.110 e. The second kappa shape index (κ2) is 5.44. The van der Waals surface area contributed by atoms with Crippen molar-refractivity contribution < 1.29 is 0 Å². The molecule has 0 aliphatic heterocycles. The van der Waals surface area contributed by atoms with Crippen LogP contribution in [0.4, 0.5) is 0 Å². The van der Waals surface area contributed by atoms with Crippen molar-refractivity contribution in [1.82, 2.24) is 14.7 Å². The Hall–Kier alpha value is 0.110. The summed E-state index contributed by atoms with van der Waals surface area (Å²) in [5, 5.41) is 3.27. The molecule has 0 amide bonds. The monoisotopic (exact) mass is 234 g/mol. The maximum atomic E-state index is 5.03. The first-order valence-electron chi connectivity index (χ1n) is 5.28. The van der Waals surface area contributed by atoms with Crippen molar-refractivity contribution >= 4 is 7.36 Å². The molecule has 0 aromatic carbocycles. The smallest absolute Gasteiger partial charge is 0.110 e. The zero-order valence-electron chi connectivity index (χ0n) is 11.5. The summed E-state index contributed by atoms with van der Waals surface area (Å²) in [6.07, 6.45) is 0.921. The Morgan fingerprint density at radius 3 is 1.67 bits per heavy atom. The van der Waals surface area contributed by atoms with E-state index in [0.29, 0.717) is 0 Å². The van der Waals surface area contributed by atoms with Gasteiger partial charge in [-0.1, -0.05) is 0 Å². The molecule has 0 unspecified atom stereocenters. The number of rotatable bonds is 4. The van der Waals surface area contributed by atoms with E-state index in [0.717, 1.165) is 6.29 Å². The lowest BCUT2D eigenvalue weighted by Crippen LogP contribution is -2.30. The quantitative estimate of drug-likeness (QED) is 0.756. The molecule has 0 radical (unpaired) electrons. The van der Waals surface area contributed by atoms with Crippen molar-refractivity contribution in [1.29, 1.82) is 0 Å². The van der Waals surface area contributed by atoms with E-state index in [4.69, 9.17) is 4.74 Å². The summed E-state index contributed by atoms with van der Waals surface area (Å²) < 4.78 is 9.55. The largest absolute Gasteiger partial charge is 0.312 e. The Balaban J connectivity index is 5.42. The molecule has 0 aromatic heterocycles. The Labute approximate surface area is 95.2 Å². The molecule has 92 valence electrons. The topological polar surface area (TPSA) is 30.9 Å². The second-order valence-electron chi connectivity index (χ2n) is 5.17. The highest BCUT2D eigenvalue weighted by molar-refractivity contribution is 7.61. The molecule has 0 aliphatic rings. The molecule has 4 nitrogen and oxygen atoms in total. The predicted molar refractivity (Wildman–Crippen MR) is 70.4 cm³/mol. The summed E-state index contributed by atoms with van der Waals surface area (Å²) in [7, 11) is 8.85. The molecule has 0 fully saturated rings. The van der Waals surface area contributed by atoms with Crippen LogP contribution in [0.5, 0.6) is 0 Å². The third-order valence-corrected chi connectivity index (χ3v) is 6.33. The molecular formula is C10H27N4P. The minimum Gasteiger partial charge on any atom is -0.312 e. The lowest BCUT2D eigenvalue weighted by Gasteiger charge is -2.39. The Morgan fingerprint density at radius 1 is 1.07 bits per heavy atom. The standard InChI is InChI=1S/C10H27N4P/c1-10(2,3)12-15(9-11-4,13(5)6)14(7)8/h11H,9H2,1-8H3. The lowest BCUT2D eigenvalue weighted by atomic mass is 10.1. The van der Waals surface area contributed by atoms with Crippen molar-refractivity contribution in [3.63, 3.8) is 0 Å². The Kier molecular flexibility index (Phi) is 5.48. The molecule has 0 heterocycles. The van der Waals surface area contributed by atoms with Crippen molar-refractivity contribution in [2.45, 2.75) is 26.3 Å². The molecule has 0 aromatic rings. The van der Waals surface area contributed by atoms with Gasteiger partial charge in [0.25, 0.3) is 0 Å². The summed E-state index contributed by atoms with van der Waals surface area (Å²) in [4.78, 5) is 0. The van der Waals surface area contributed by atoms with Crippen LogP contribution >= 0.6 is 7.36 Å². The summed E-state index contributed by atoms with van der Waals surface area (Å²) in [6.45, 7) is 6.47. The fraction of sp³-hybridized carbons (Fsp3) is 1.00. The molecular weight excluding hydrogens is 207 g/mol. The average molecular weight is 234 g/mol. The third-order valence-electron chi connectivity index (χ3n) is 2.11. The number of hydrogen-bond donors (Lipinski definition) is 1. The van der Waals surface area contributed by atoms with Gasteiger partial charge < -0.3 is 5.32 Å². The van der Waals surface area contributed by atoms with Gasteiger partial charge >= 0.3 is 0 Å². The van der Waals surface area contributed by atoms with Crippen LogP contribution in [-0.2, 0) is 0 Å². The van der Waals surface area contributed by atoms with E-state index in [1.807, 2.05) is 7.05 Å². The van der Waals surface area contributed by atoms with E-state index >= 15 is 0 Å². The van der Waals surface area contributed by atoms with Gasteiger partial charge in [-0.05, 0) is 56.0 Å². The van der Waals surface area contributed by atoms with Crippen molar-refractivity contribution in [2.75, 3.05) is 41.5 Å². The number of nitrogens with zero attached hydrogens (tertiary/aromatic N) is 3. The van der Waals surface area contributed by atoms with Crippen LogP contribution in [-0.4, -0.2) is 56.4 Å². The highest BCUT2D eigenvalue weighted by Crippen LogP contribution is 2.53. The van der Waals surface area contributed by atoms with Gasteiger partial charge in [0, 0.05) is 0 Å². The maximum absolute atomic E-state index is 5.03. The van der Waals surface area contributed by atoms with E-state index < -0.39 is 7.36 Å². The van der Waals surface area contributed by atoms with E-state index in [2.05, 4.69) is 63.6 Å². The summed E-state index contributed by atoms with van der Waals surface area (Å²) in [5.74, 6) is 0. The first kappa shape index (κ1) is 15.1. The molecule has 0 atom stereocenters. The van der Waals surface area contributed by atoms with E-state index in [9.17, 15) is 0 Å². The molecule has 0 saturated heterocycles. The van der Waals surface area contributed by atoms with Gasteiger partial charge in [0.1, 0.15) is 7.36 Å². The van der Waals surface area contributed by atoms with Crippen LogP contribution in [0.25, 0.3) is 0 Å². The van der Waals surface area contributed by atoms with Crippen molar-refractivity contribution in [2.24, 2.45) is 4.74 Å². The zero-order valence-corrected chi connectivity index (χ0v) is 12.4. The van der Waals surface area contributed by atoms with Crippen LogP contribution in [0.2, 0.25) is 0 Å². The van der Waals surface area contributed by atoms with Crippen LogP contribution in [0.1, 0.15) is 20.8 Å². The Morgan fingerprint density at radius 2 is 1.47 bits per heavy atom. The van der Waals surface area contributed by atoms with Gasteiger partial charge in [-0.3, -0.25) is 14.1 Å². The second-order valence-corrected chi connectivity index (χ2v) is 8.67. The fourth-order valence-corrected chi connectivity index (χ4v) is 4.64. The normalized spacial score (nSPS) is 13.7. The van der Waals surface area contributed by atoms with Crippen molar-refractivity contribution in [3.05, 3.63) is 0 Å². The van der Waals surface area contributed by atoms with E-state index in [1.54, 1.807) is 0 Å². The Bertz CT molecular complexity index is 228. The van der Waals surface area contributed by atoms with Gasteiger partial charge in [-0.2, -0.15) is 0 Å². The van der Waals surface area contributed by atoms with E-state index in [-0.39, 0.29) is 5.54 Å². The molecule has 0 aliphatic carbocycles. The lowest BCUT2D eigenvalue weighted by molar-refractivity contribution is 0.518. The highest BCUT2D eigenvalue weighted by atomic mass is 31.2. The molecule has 1 N–H and O–H groups in total. The SMILES string of the molecule is CNCP(=NC(C)(C)C)(N(C)C)N(C)C. The number of hydrogen-bond acceptors (Lipinski definition) is 2. The molecule has 0 saturated carbocycles. The number of nitrogens with one attached hydrogen (secondary N) is 1. The van der Waals surface area contributed by atoms with Crippen LogP contribution in [0, 0.1) is 0 Å². The average Bonchev–Trinajstić information content (AvgIpc) is 1.99. The summed E-state index contributed by atoms with van der Waals surface area (Å²) in [5.41, 5.74) is -0.000826. The van der Waals surface area contributed by atoms with Gasteiger partial charge in [-0.15, -0.1) is 0 Å². The van der Waals surface area contributed by atoms with Gasteiger partial charge in [0.2, 0.25) is 0 Å². The van der Waals surface area contributed by atoms with E-state index in [1.165, 1.54) is 0 Å². The predicted octanol–water partition coefficient (Wildman–Crippen LogP) is 2.12. The molecule has 0 bridgehead atoms. The molecule has 5 heteroatoms. The highest BCUT2D eigenvalue weighted by Gasteiger charge is 2.27. The van der Waals surface area contributed by atoms with Crippen LogP contribution in [0.15, 0.2) is 4.74 Å². The molecule has 0 rings (SSSR count). The molecule has 15 heavy (non-hydrogen) atoms. The minimum absolute atomic E-state index is 0.000826. The fourth-order valence-electron chi connectivity index (χ4n) is 1.55. The van der Waals surface area contributed by atoms with Gasteiger partial charge in [-0.25, -0.2) is 0 Å². The first-order chi connectivity index (χ1) is 6.65. The van der Waals surface area contributed by atoms with Gasteiger partial charge in [0.05, 0.1) is 11.8 Å².